The van der Waals surface area contributed by atoms with Crippen LogP contribution in [0.15, 0.2) is 72.4 Å². The summed E-state index contributed by atoms with van der Waals surface area (Å²) < 4.78 is 78.2. The number of pyridine rings is 1. The summed E-state index contributed by atoms with van der Waals surface area (Å²) >= 11 is 5.76. The van der Waals surface area contributed by atoms with E-state index in [0.717, 1.165) is 36.4 Å². The third-order valence-corrected chi connectivity index (χ3v) is 4.65. The fourth-order valence-corrected chi connectivity index (χ4v) is 3.03. The van der Waals surface area contributed by atoms with Crippen molar-refractivity contribution in [2.24, 2.45) is 0 Å². The molecule has 0 spiro atoms. The van der Waals surface area contributed by atoms with Gasteiger partial charge in [-0.05, 0) is 54.1 Å². The smallest absolute Gasteiger partial charge is 0.322 e. The topological polar surface area (TPSA) is 71.1 Å². The van der Waals surface area contributed by atoms with Gasteiger partial charge in [-0.2, -0.15) is 26.3 Å². The summed E-state index contributed by atoms with van der Waals surface area (Å²) in [6.07, 6.45) is -7.22. The van der Waals surface area contributed by atoms with E-state index in [4.69, 9.17) is 11.6 Å². The molecule has 0 unspecified atom stereocenters. The zero-order chi connectivity index (χ0) is 25.8. The Morgan fingerprint density at radius 1 is 0.771 bits per heavy atom. The number of rotatable bonds is 5. The van der Waals surface area contributed by atoms with Crippen LogP contribution in [0.5, 0.6) is 0 Å². The van der Waals surface area contributed by atoms with Gasteiger partial charge in [0.05, 0.1) is 11.1 Å². The van der Waals surface area contributed by atoms with E-state index in [1.807, 2.05) is 0 Å². The molecule has 3 aromatic rings. The van der Waals surface area contributed by atoms with Gasteiger partial charge >= 0.3 is 12.4 Å². The molecule has 0 aliphatic carbocycles. The van der Waals surface area contributed by atoms with Crippen molar-refractivity contribution in [3.05, 3.63) is 94.3 Å². The van der Waals surface area contributed by atoms with Crippen molar-refractivity contribution in [1.82, 2.24) is 4.98 Å². The average molecular weight is 514 g/mol. The normalized spacial score (nSPS) is 12.3. The molecule has 182 valence electrons. The Morgan fingerprint density at radius 3 is 1.89 bits per heavy atom. The number of anilines is 2. The van der Waals surface area contributed by atoms with E-state index in [2.05, 4.69) is 15.6 Å². The Bertz CT molecular complexity index is 1290. The number of aromatic nitrogens is 1. The van der Waals surface area contributed by atoms with Crippen molar-refractivity contribution >= 4 is 40.9 Å². The highest BCUT2D eigenvalue weighted by atomic mass is 35.5. The monoisotopic (exact) mass is 513 g/mol. The van der Waals surface area contributed by atoms with Crippen molar-refractivity contribution in [3.8, 4) is 0 Å². The van der Waals surface area contributed by atoms with Gasteiger partial charge in [0.1, 0.15) is 10.7 Å². The SMILES string of the molecule is O=C(Nc1cccc(C(F)(F)F)c1)/C(=C/c1cccc(C(F)(F)F)c1)C(=O)Nc1ccnc(Cl)c1. The van der Waals surface area contributed by atoms with E-state index in [-0.39, 0.29) is 22.1 Å². The van der Waals surface area contributed by atoms with Crippen LogP contribution in [0.3, 0.4) is 0 Å². The molecule has 35 heavy (non-hydrogen) atoms. The fourth-order valence-electron chi connectivity index (χ4n) is 2.86. The summed E-state index contributed by atoms with van der Waals surface area (Å²) in [4.78, 5) is 29.5. The third-order valence-electron chi connectivity index (χ3n) is 4.45. The van der Waals surface area contributed by atoms with Crippen LogP contribution in [-0.4, -0.2) is 16.8 Å². The molecule has 0 bridgehead atoms. The van der Waals surface area contributed by atoms with Crippen molar-refractivity contribution in [2.75, 3.05) is 10.6 Å². The summed E-state index contributed by atoms with van der Waals surface area (Å²) in [6, 6.07) is 10.1. The molecule has 0 fully saturated rings. The lowest BCUT2D eigenvalue weighted by atomic mass is 10.1. The molecule has 0 aliphatic rings. The fraction of sp³-hybridized carbons (Fsp3) is 0.0870. The summed E-state index contributed by atoms with van der Waals surface area (Å²) in [5.41, 5.74) is -3.04. The van der Waals surface area contributed by atoms with E-state index in [0.29, 0.717) is 12.1 Å². The predicted molar refractivity (Wildman–Crippen MR) is 117 cm³/mol. The van der Waals surface area contributed by atoms with E-state index < -0.39 is 40.9 Å². The van der Waals surface area contributed by atoms with Crippen molar-refractivity contribution < 1.29 is 35.9 Å². The summed E-state index contributed by atoms with van der Waals surface area (Å²) in [5, 5.41) is 4.54. The van der Waals surface area contributed by atoms with Crippen LogP contribution in [0.1, 0.15) is 16.7 Å². The molecule has 12 heteroatoms. The first-order valence-electron chi connectivity index (χ1n) is 9.63. The minimum atomic E-state index is -4.69. The molecule has 2 N–H and O–H groups in total. The van der Waals surface area contributed by atoms with Gasteiger partial charge < -0.3 is 10.6 Å². The second kappa shape index (κ2) is 10.2. The maximum Gasteiger partial charge on any atom is 0.416 e. The maximum absolute atomic E-state index is 13.1. The number of amides is 2. The van der Waals surface area contributed by atoms with Gasteiger partial charge in [0.25, 0.3) is 11.8 Å². The van der Waals surface area contributed by atoms with Crippen LogP contribution in [0.2, 0.25) is 5.15 Å². The second-order valence-electron chi connectivity index (χ2n) is 7.04. The predicted octanol–water partition coefficient (Wildman–Crippen LogP) is 6.43. The Hall–Kier alpha value is -3.86. The second-order valence-corrected chi connectivity index (χ2v) is 7.42. The number of carbonyl (C=O) groups is 2. The summed E-state index contributed by atoms with van der Waals surface area (Å²) in [5.74, 6) is -2.20. The zero-order valence-corrected chi connectivity index (χ0v) is 18.1. The Labute approximate surface area is 199 Å². The van der Waals surface area contributed by atoms with Crippen LogP contribution in [0.25, 0.3) is 6.08 Å². The van der Waals surface area contributed by atoms with Gasteiger partial charge in [0.2, 0.25) is 0 Å². The lowest BCUT2D eigenvalue weighted by molar-refractivity contribution is -0.138. The lowest BCUT2D eigenvalue weighted by Gasteiger charge is -2.13. The number of nitrogens with one attached hydrogen (secondary N) is 2. The maximum atomic E-state index is 13.1. The molecule has 1 heterocycles. The number of nitrogens with zero attached hydrogens (tertiary/aromatic N) is 1. The van der Waals surface area contributed by atoms with Crippen LogP contribution >= 0.6 is 11.6 Å². The van der Waals surface area contributed by atoms with E-state index in [1.165, 1.54) is 24.4 Å². The van der Waals surface area contributed by atoms with Crippen LogP contribution in [0.4, 0.5) is 37.7 Å². The molecular weight excluding hydrogens is 500 g/mol. The summed E-state index contributed by atoms with van der Waals surface area (Å²) in [6.45, 7) is 0. The molecule has 0 saturated heterocycles. The van der Waals surface area contributed by atoms with Crippen molar-refractivity contribution in [2.45, 2.75) is 12.4 Å². The molecule has 0 atom stereocenters. The zero-order valence-electron chi connectivity index (χ0n) is 17.3. The van der Waals surface area contributed by atoms with E-state index >= 15 is 0 Å². The van der Waals surface area contributed by atoms with Gasteiger partial charge in [-0.1, -0.05) is 29.8 Å². The van der Waals surface area contributed by atoms with Gasteiger partial charge in [-0.25, -0.2) is 4.98 Å². The first-order valence-corrected chi connectivity index (χ1v) is 10.0. The quantitative estimate of drug-likeness (QED) is 0.136. The van der Waals surface area contributed by atoms with Crippen LogP contribution in [0, 0.1) is 0 Å². The number of halogens is 7. The van der Waals surface area contributed by atoms with Crippen LogP contribution in [-0.2, 0) is 21.9 Å². The number of hydrogen-bond acceptors (Lipinski definition) is 3. The summed E-state index contributed by atoms with van der Waals surface area (Å²) in [7, 11) is 0. The Kier molecular flexibility index (Phi) is 7.49. The van der Waals surface area contributed by atoms with Crippen molar-refractivity contribution in [3.63, 3.8) is 0 Å². The minimum absolute atomic E-state index is 0.0135. The lowest BCUT2D eigenvalue weighted by Crippen LogP contribution is -2.25. The molecule has 5 nitrogen and oxygen atoms in total. The molecular formula is C23H14ClF6N3O2. The number of benzene rings is 2. The van der Waals surface area contributed by atoms with Crippen molar-refractivity contribution in [1.29, 1.82) is 0 Å². The van der Waals surface area contributed by atoms with E-state index in [1.54, 1.807) is 0 Å². The number of hydrogen-bond donors (Lipinski definition) is 2. The number of carbonyl (C=O) groups excluding carboxylic acids is 2. The highest BCUT2D eigenvalue weighted by Crippen LogP contribution is 2.31. The highest BCUT2D eigenvalue weighted by Gasteiger charge is 2.31. The standard InChI is InChI=1S/C23H14ClF6N3O2/c24-19-12-17(7-8-31-19)33-21(35)18(10-13-3-1-4-14(9-13)22(25,26)27)20(34)32-16-6-2-5-15(11-16)23(28,29)30/h1-12H,(H,32,34)(H,31,33,35)/b18-10-. The Morgan fingerprint density at radius 2 is 1.31 bits per heavy atom. The van der Waals surface area contributed by atoms with Gasteiger partial charge in [0, 0.05) is 17.6 Å². The molecule has 3 rings (SSSR count). The van der Waals surface area contributed by atoms with Gasteiger partial charge in [0.15, 0.2) is 0 Å². The highest BCUT2D eigenvalue weighted by molar-refractivity contribution is 6.30. The molecule has 0 aliphatic heterocycles. The average Bonchev–Trinajstić information content (AvgIpc) is 2.76. The molecule has 2 aromatic carbocycles. The van der Waals surface area contributed by atoms with Gasteiger partial charge in [-0.15, -0.1) is 0 Å². The molecule has 0 saturated carbocycles. The van der Waals surface area contributed by atoms with Crippen LogP contribution < -0.4 is 10.6 Å². The largest absolute Gasteiger partial charge is 0.416 e. The molecule has 2 amide bonds. The van der Waals surface area contributed by atoms with Gasteiger partial charge in [-0.3, -0.25) is 9.59 Å². The Balaban J connectivity index is 1.98. The molecule has 1 aromatic heterocycles. The minimum Gasteiger partial charge on any atom is -0.322 e. The van der Waals surface area contributed by atoms with E-state index in [9.17, 15) is 35.9 Å². The first kappa shape index (κ1) is 25.8. The molecule has 0 radical (unpaired) electrons. The third kappa shape index (κ3) is 7.06. The number of alkyl halides is 6. The first-order chi connectivity index (χ1) is 16.3.